The van der Waals surface area contributed by atoms with Crippen LogP contribution in [0.4, 0.5) is 0 Å². The number of methoxy groups -OCH3 is 2. The van der Waals surface area contributed by atoms with E-state index in [1.165, 1.54) is 6.33 Å². The van der Waals surface area contributed by atoms with Crippen molar-refractivity contribution in [2.45, 2.75) is 63.4 Å². The second kappa shape index (κ2) is 7.67. The number of nitrogens with zero attached hydrogens (tertiary/aromatic N) is 3. The van der Waals surface area contributed by atoms with Gasteiger partial charge in [-0.2, -0.15) is 0 Å². The maximum absolute atomic E-state index is 12.0. The van der Waals surface area contributed by atoms with Gasteiger partial charge in [-0.25, -0.2) is 9.97 Å². The molecule has 0 bridgehead atoms. The Labute approximate surface area is 165 Å². The molecular formula is C18H30N4O5Si. The average molecular weight is 411 g/mol. The molecule has 3 heterocycles. The van der Waals surface area contributed by atoms with Crippen LogP contribution in [0.5, 0.6) is 0 Å². The van der Waals surface area contributed by atoms with Gasteiger partial charge in [0, 0.05) is 14.2 Å². The van der Waals surface area contributed by atoms with Crippen LogP contribution in [0.1, 0.15) is 27.0 Å². The van der Waals surface area contributed by atoms with Crippen LogP contribution in [0.3, 0.4) is 0 Å². The molecule has 0 saturated carbocycles. The van der Waals surface area contributed by atoms with Gasteiger partial charge < -0.3 is 23.6 Å². The molecule has 1 N–H and O–H groups in total. The predicted molar refractivity (Wildman–Crippen MR) is 107 cm³/mol. The van der Waals surface area contributed by atoms with E-state index in [0.29, 0.717) is 12.3 Å². The van der Waals surface area contributed by atoms with Gasteiger partial charge in [-0.05, 0) is 18.1 Å². The zero-order chi connectivity index (χ0) is 20.7. The van der Waals surface area contributed by atoms with Gasteiger partial charge in [-0.15, -0.1) is 0 Å². The van der Waals surface area contributed by atoms with Crippen LogP contribution >= 0.6 is 0 Å². The zero-order valence-electron chi connectivity index (χ0n) is 17.6. The molecule has 28 heavy (non-hydrogen) atoms. The van der Waals surface area contributed by atoms with Crippen molar-refractivity contribution >= 4 is 19.5 Å². The summed E-state index contributed by atoms with van der Waals surface area (Å²) in [6.07, 6.45) is 1.35. The number of imidazole rings is 1. The molecule has 1 aliphatic rings. The molecule has 0 aromatic carbocycles. The van der Waals surface area contributed by atoms with Crippen LogP contribution in [0, 0.1) is 0 Å². The van der Waals surface area contributed by atoms with Gasteiger partial charge in [-0.3, -0.25) is 9.36 Å². The van der Waals surface area contributed by atoms with Crippen LogP contribution in [0.15, 0.2) is 17.4 Å². The van der Waals surface area contributed by atoms with Crippen molar-refractivity contribution in [1.29, 1.82) is 0 Å². The second-order valence-electron chi connectivity index (χ2n) is 8.59. The highest BCUT2D eigenvalue weighted by Gasteiger charge is 2.48. The number of nitrogens with one attached hydrogen (secondary N) is 1. The van der Waals surface area contributed by atoms with Crippen molar-refractivity contribution in [2.75, 3.05) is 20.8 Å². The standard InChI is InChI=1S/C18H30N4O5Si/c1-18(2,3)28(6,7)26-8-11-13(24-4)14(25-5)17(27-11)22-10-21-12-15(22)19-9-20-16(12)23/h9-11,13-14,17H,8H2,1-7H3,(H,19,20,23). The molecule has 2 aromatic rings. The zero-order valence-corrected chi connectivity index (χ0v) is 18.6. The molecule has 156 valence electrons. The van der Waals surface area contributed by atoms with Crippen molar-refractivity contribution < 1.29 is 18.6 Å². The quantitative estimate of drug-likeness (QED) is 0.728. The van der Waals surface area contributed by atoms with E-state index >= 15 is 0 Å². The lowest BCUT2D eigenvalue weighted by atomic mass is 10.1. The molecule has 0 amide bonds. The largest absolute Gasteiger partial charge is 0.414 e. The van der Waals surface area contributed by atoms with Crippen molar-refractivity contribution in [2.24, 2.45) is 0 Å². The van der Waals surface area contributed by atoms with Crippen molar-refractivity contribution in [3.05, 3.63) is 23.0 Å². The Kier molecular flexibility index (Phi) is 5.79. The normalized spacial score (nSPS) is 26.2. The Morgan fingerprint density at radius 2 is 1.89 bits per heavy atom. The number of hydrogen-bond donors (Lipinski definition) is 1. The summed E-state index contributed by atoms with van der Waals surface area (Å²) in [6.45, 7) is 11.4. The molecule has 10 heteroatoms. The summed E-state index contributed by atoms with van der Waals surface area (Å²) in [7, 11) is 1.31. The van der Waals surface area contributed by atoms with Gasteiger partial charge in [0.25, 0.3) is 5.56 Å². The summed E-state index contributed by atoms with van der Waals surface area (Å²) in [5.74, 6) is 0. The monoisotopic (exact) mass is 410 g/mol. The number of ether oxygens (including phenoxy) is 3. The minimum absolute atomic E-state index is 0.0970. The van der Waals surface area contributed by atoms with E-state index in [0.717, 1.165) is 0 Å². The van der Waals surface area contributed by atoms with Crippen LogP contribution in [0.2, 0.25) is 18.1 Å². The Balaban J connectivity index is 1.87. The van der Waals surface area contributed by atoms with Gasteiger partial charge >= 0.3 is 0 Å². The molecule has 0 aliphatic carbocycles. The third kappa shape index (κ3) is 3.66. The predicted octanol–water partition coefficient (Wildman–Crippen LogP) is 2.07. The lowest BCUT2D eigenvalue weighted by Crippen LogP contribution is -2.45. The fraction of sp³-hybridized carbons (Fsp3) is 0.722. The minimum atomic E-state index is -1.94. The smallest absolute Gasteiger partial charge is 0.278 e. The van der Waals surface area contributed by atoms with Gasteiger partial charge in [0.1, 0.15) is 18.3 Å². The number of hydrogen-bond acceptors (Lipinski definition) is 7. The maximum atomic E-state index is 12.0. The molecule has 9 nitrogen and oxygen atoms in total. The van der Waals surface area contributed by atoms with Crippen molar-refractivity contribution in [1.82, 2.24) is 19.5 Å². The first-order chi connectivity index (χ1) is 13.1. The summed E-state index contributed by atoms with van der Waals surface area (Å²) < 4.78 is 25.8. The van der Waals surface area contributed by atoms with E-state index in [4.69, 9.17) is 18.6 Å². The highest BCUT2D eigenvalue weighted by Crippen LogP contribution is 2.39. The second-order valence-corrected chi connectivity index (χ2v) is 13.4. The summed E-state index contributed by atoms with van der Waals surface area (Å²) in [5.41, 5.74) is 0.407. The third-order valence-electron chi connectivity index (χ3n) is 5.88. The Hall–Kier alpha value is -1.59. The number of H-pyrrole nitrogens is 1. The Bertz CT molecular complexity index is 875. The maximum Gasteiger partial charge on any atom is 0.278 e. The van der Waals surface area contributed by atoms with Gasteiger partial charge in [0.05, 0.1) is 19.3 Å². The molecule has 0 radical (unpaired) electrons. The molecule has 1 fully saturated rings. The summed E-state index contributed by atoms with van der Waals surface area (Å²) >= 11 is 0. The summed E-state index contributed by atoms with van der Waals surface area (Å²) in [4.78, 5) is 22.9. The fourth-order valence-electron chi connectivity index (χ4n) is 3.16. The van der Waals surface area contributed by atoms with Gasteiger partial charge in [-0.1, -0.05) is 20.8 Å². The van der Waals surface area contributed by atoms with E-state index < -0.39 is 20.6 Å². The molecule has 3 rings (SSSR count). The van der Waals surface area contributed by atoms with Crippen LogP contribution in [0.25, 0.3) is 11.2 Å². The van der Waals surface area contributed by atoms with E-state index in [1.807, 2.05) is 0 Å². The van der Waals surface area contributed by atoms with E-state index in [2.05, 4.69) is 48.8 Å². The lowest BCUT2D eigenvalue weighted by molar-refractivity contribution is -0.0570. The first-order valence-corrected chi connectivity index (χ1v) is 12.3. The first kappa shape index (κ1) is 21.1. The Morgan fingerprint density at radius 1 is 1.21 bits per heavy atom. The highest BCUT2D eigenvalue weighted by molar-refractivity contribution is 6.74. The molecule has 4 unspecified atom stereocenters. The molecule has 2 aromatic heterocycles. The van der Waals surface area contributed by atoms with Gasteiger partial charge in [0.2, 0.25) is 0 Å². The number of aromatic nitrogens is 4. The minimum Gasteiger partial charge on any atom is -0.414 e. The first-order valence-electron chi connectivity index (χ1n) is 9.36. The van der Waals surface area contributed by atoms with Crippen LogP contribution in [-0.4, -0.2) is 67.0 Å². The third-order valence-corrected chi connectivity index (χ3v) is 10.4. The average Bonchev–Trinajstić information content (AvgIpc) is 3.20. The molecule has 0 spiro atoms. The SMILES string of the molecule is COC1C(CO[Si](C)(C)C(C)(C)C)OC(n2cnc3c(=O)[nH]cnc32)C1OC. The molecular weight excluding hydrogens is 380 g/mol. The topological polar surface area (TPSA) is 100 Å². The van der Waals surface area contributed by atoms with Crippen LogP contribution in [-0.2, 0) is 18.6 Å². The van der Waals surface area contributed by atoms with Crippen molar-refractivity contribution in [3.63, 3.8) is 0 Å². The van der Waals surface area contributed by atoms with Crippen LogP contribution < -0.4 is 5.56 Å². The van der Waals surface area contributed by atoms with Gasteiger partial charge in [0.15, 0.2) is 25.7 Å². The fourth-order valence-corrected chi connectivity index (χ4v) is 4.17. The van der Waals surface area contributed by atoms with E-state index in [9.17, 15) is 4.79 Å². The molecule has 1 aliphatic heterocycles. The highest BCUT2D eigenvalue weighted by atomic mass is 28.4. The van der Waals surface area contributed by atoms with E-state index in [1.54, 1.807) is 25.1 Å². The summed E-state index contributed by atoms with van der Waals surface area (Å²) in [6, 6.07) is 0. The Morgan fingerprint density at radius 3 is 2.50 bits per heavy atom. The molecule has 4 atom stereocenters. The number of fused-ring (bicyclic) bond motifs is 1. The lowest BCUT2D eigenvalue weighted by Gasteiger charge is -2.37. The number of rotatable bonds is 6. The number of aromatic amines is 1. The van der Waals surface area contributed by atoms with Crippen molar-refractivity contribution in [3.8, 4) is 0 Å². The van der Waals surface area contributed by atoms with E-state index in [-0.39, 0.29) is 28.3 Å². The molecule has 1 saturated heterocycles. The summed E-state index contributed by atoms with van der Waals surface area (Å²) in [5, 5.41) is 0.0970.